The average molecular weight is 282 g/mol. The lowest BCUT2D eigenvalue weighted by molar-refractivity contribution is 0.284. The van der Waals surface area contributed by atoms with E-state index in [2.05, 4.69) is 6.07 Å². The summed E-state index contributed by atoms with van der Waals surface area (Å²) in [5.41, 5.74) is 8.48. The van der Waals surface area contributed by atoms with Gasteiger partial charge in [0.25, 0.3) is 0 Å². The first-order valence-electron chi connectivity index (χ1n) is 6.69. The topological polar surface area (TPSA) is 68.3 Å². The summed E-state index contributed by atoms with van der Waals surface area (Å²) in [6.45, 7) is 2.34. The predicted octanol–water partition coefficient (Wildman–Crippen LogP) is 3.17. The number of rotatable bonds is 5. The average Bonchev–Trinajstić information content (AvgIpc) is 2.53. The number of nitriles is 1. The summed E-state index contributed by atoms with van der Waals surface area (Å²) >= 11 is 0. The maximum Gasteiger partial charge on any atom is 0.161 e. The summed E-state index contributed by atoms with van der Waals surface area (Å²) in [5, 5.41) is 8.77. The smallest absolute Gasteiger partial charge is 0.161 e. The third-order valence-corrected chi connectivity index (χ3v) is 3.19. The molecule has 0 aromatic heterocycles. The predicted molar refractivity (Wildman–Crippen MR) is 81.1 cm³/mol. The summed E-state index contributed by atoms with van der Waals surface area (Å²) in [5.74, 6) is 1.34. The Hall–Kier alpha value is -2.51. The number of hydrogen-bond acceptors (Lipinski definition) is 4. The Morgan fingerprint density at radius 3 is 2.43 bits per heavy atom. The van der Waals surface area contributed by atoms with E-state index >= 15 is 0 Å². The SMILES string of the molecule is COc1cc([C@H](C)N)ccc1OCc1ccc(C#N)cc1. The Morgan fingerprint density at radius 1 is 1.14 bits per heavy atom. The van der Waals surface area contributed by atoms with Crippen molar-refractivity contribution < 1.29 is 9.47 Å². The van der Waals surface area contributed by atoms with Gasteiger partial charge in [0.05, 0.1) is 18.7 Å². The molecule has 0 bridgehead atoms. The molecule has 0 radical (unpaired) electrons. The third kappa shape index (κ3) is 3.74. The number of hydrogen-bond donors (Lipinski definition) is 1. The number of nitrogens with zero attached hydrogens (tertiary/aromatic N) is 1. The van der Waals surface area contributed by atoms with Crippen molar-refractivity contribution in [2.45, 2.75) is 19.6 Å². The van der Waals surface area contributed by atoms with E-state index in [1.807, 2.05) is 37.3 Å². The second kappa shape index (κ2) is 6.78. The maximum absolute atomic E-state index is 8.77. The Labute approximate surface area is 124 Å². The number of benzene rings is 2. The molecule has 0 aliphatic heterocycles. The van der Waals surface area contributed by atoms with Crippen LogP contribution in [0.15, 0.2) is 42.5 Å². The van der Waals surface area contributed by atoms with Crippen LogP contribution in [0.4, 0.5) is 0 Å². The second-order valence-corrected chi connectivity index (χ2v) is 4.80. The minimum Gasteiger partial charge on any atom is -0.493 e. The van der Waals surface area contributed by atoms with Gasteiger partial charge in [0.2, 0.25) is 0 Å². The van der Waals surface area contributed by atoms with Crippen LogP contribution in [0.5, 0.6) is 11.5 Å². The number of ether oxygens (including phenoxy) is 2. The molecule has 2 aromatic carbocycles. The van der Waals surface area contributed by atoms with Gasteiger partial charge in [-0.15, -0.1) is 0 Å². The Balaban J connectivity index is 2.10. The van der Waals surface area contributed by atoms with Gasteiger partial charge in [-0.25, -0.2) is 0 Å². The fourth-order valence-corrected chi connectivity index (χ4v) is 1.92. The molecule has 0 saturated carbocycles. The van der Waals surface area contributed by atoms with E-state index in [-0.39, 0.29) is 6.04 Å². The molecular weight excluding hydrogens is 264 g/mol. The first-order valence-corrected chi connectivity index (χ1v) is 6.69. The highest BCUT2D eigenvalue weighted by Gasteiger charge is 2.08. The lowest BCUT2D eigenvalue weighted by Gasteiger charge is -2.13. The molecule has 2 aromatic rings. The number of methoxy groups -OCH3 is 1. The van der Waals surface area contributed by atoms with Crippen LogP contribution in [0.1, 0.15) is 29.7 Å². The summed E-state index contributed by atoms with van der Waals surface area (Å²) in [7, 11) is 1.61. The van der Waals surface area contributed by atoms with Crippen LogP contribution in [0.2, 0.25) is 0 Å². The van der Waals surface area contributed by atoms with Crippen LogP contribution in [-0.4, -0.2) is 7.11 Å². The van der Waals surface area contributed by atoms with Gasteiger partial charge in [-0.2, -0.15) is 5.26 Å². The highest BCUT2D eigenvalue weighted by Crippen LogP contribution is 2.30. The van der Waals surface area contributed by atoms with E-state index < -0.39 is 0 Å². The van der Waals surface area contributed by atoms with Gasteiger partial charge >= 0.3 is 0 Å². The Kier molecular flexibility index (Phi) is 4.81. The van der Waals surface area contributed by atoms with E-state index in [4.69, 9.17) is 20.5 Å². The highest BCUT2D eigenvalue weighted by molar-refractivity contribution is 5.44. The zero-order valence-electron chi connectivity index (χ0n) is 12.2. The number of nitrogens with two attached hydrogens (primary N) is 1. The van der Waals surface area contributed by atoms with E-state index in [9.17, 15) is 0 Å². The van der Waals surface area contributed by atoms with E-state index in [1.54, 1.807) is 19.2 Å². The van der Waals surface area contributed by atoms with Crippen LogP contribution in [0.25, 0.3) is 0 Å². The van der Waals surface area contributed by atoms with Crippen molar-refractivity contribution in [2.75, 3.05) is 7.11 Å². The molecule has 0 aliphatic carbocycles. The fourth-order valence-electron chi connectivity index (χ4n) is 1.92. The molecule has 0 spiro atoms. The molecule has 108 valence electrons. The summed E-state index contributed by atoms with van der Waals surface area (Å²) in [6, 6.07) is 15.0. The minimum absolute atomic E-state index is 0.0496. The Morgan fingerprint density at radius 2 is 1.86 bits per heavy atom. The van der Waals surface area contributed by atoms with E-state index in [1.165, 1.54) is 0 Å². The standard InChI is InChI=1S/C17H18N2O2/c1-12(19)15-7-8-16(17(9-15)20-2)21-11-14-5-3-13(10-18)4-6-14/h3-9,12H,11,19H2,1-2H3/t12-/m0/s1. The van der Waals surface area contributed by atoms with Crippen LogP contribution >= 0.6 is 0 Å². The van der Waals surface area contributed by atoms with Crippen molar-refractivity contribution in [1.29, 1.82) is 5.26 Å². The quantitative estimate of drug-likeness (QED) is 0.914. The molecule has 0 unspecified atom stereocenters. The van der Waals surface area contributed by atoms with Crippen molar-refractivity contribution in [3.8, 4) is 17.6 Å². The van der Waals surface area contributed by atoms with Crippen LogP contribution < -0.4 is 15.2 Å². The molecule has 0 fully saturated rings. The van der Waals surface area contributed by atoms with Crippen molar-refractivity contribution in [2.24, 2.45) is 5.73 Å². The molecule has 0 heterocycles. The molecule has 4 nitrogen and oxygen atoms in total. The van der Waals surface area contributed by atoms with E-state index in [0.29, 0.717) is 23.7 Å². The van der Waals surface area contributed by atoms with Gasteiger partial charge in [-0.1, -0.05) is 18.2 Å². The van der Waals surface area contributed by atoms with Gasteiger partial charge in [0.15, 0.2) is 11.5 Å². The fraction of sp³-hybridized carbons (Fsp3) is 0.235. The second-order valence-electron chi connectivity index (χ2n) is 4.80. The zero-order valence-corrected chi connectivity index (χ0v) is 12.2. The molecule has 2 N–H and O–H groups in total. The third-order valence-electron chi connectivity index (χ3n) is 3.19. The summed E-state index contributed by atoms with van der Waals surface area (Å²) < 4.78 is 11.1. The molecule has 4 heteroatoms. The molecule has 2 rings (SSSR count). The van der Waals surface area contributed by atoms with Crippen molar-refractivity contribution in [3.05, 3.63) is 59.2 Å². The molecule has 1 atom stereocenters. The summed E-state index contributed by atoms with van der Waals surface area (Å²) in [4.78, 5) is 0. The summed E-state index contributed by atoms with van der Waals surface area (Å²) in [6.07, 6.45) is 0. The van der Waals surface area contributed by atoms with Gasteiger partial charge in [0.1, 0.15) is 6.61 Å². The van der Waals surface area contributed by atoms with Crippen molar-refractivity contribution >= 4 is 0 Å². The minimum atomic E-state index is -0.0496. The lowest BCUT2D eigenvalue weighted by Crippen LogP contribution is -2.05. The first-order chi connectivity index (χ1) is 10.1. The first kappa shape index (κ1) is 14.9. The molecule has 0 saturated heterocycles. The lowest BCUT2D eigenvalue weighted by atomic mass is 10.1. The van der Waals surface area contributed by atoms with Gasteiger partial charge in [0, 0.05) is 6.04 Å². The molecule has 0 aliphatic rings. The van der Waals surface area contributed by atoms with Gasteiger partial charge in [-0.05, 0) is 42.3 Å². The zero-order chi connectivity index (χ0) is 15.2. The molecular formula is C17H18N2O2. The largest absolute Gasteiger partial charge is 0.493 e. The maximum atomic E-state index is 8.77. The van der Waals surface area contributed by atoms with Crippen molar-refractivity contribution in [3.63, 3.8) is 0 Å². The molecule has 21 heavy (non-hydrogen) atoms. The molecule has 0 amide bonds. The monoisotopic (exact) mass is 282 g/mol. The Bertz CT molecular complexity index is 643. The normalized spacial score (nSPS) is 11.5. The van der Waals surface area contributed by atoms with Gasteiger partial charge in [-0.3, -0.25) is 0 Å². The van der Waals surface area contributed by atoms with Crippen LogP contribution in [-0.2, 0) is 6.61 Å². The highest BCUT2D eigenvalue weighted by atomic mass is 16.5. The van der Waals surface area contributed by atoms with Gasteiger partial charge < -0.3 is 15.2 Å². The van der Waals surface area contributed by atoms with Crippen molar-refractivity contribution in [1.82, 2.24) is 0 Å². The van der Waals surface area contributed by atoms with Crippen LogP contribution in [0, 0.1) is 11.3 Å². The van der Waals surface area contributed by atoms with Crippen LogP contribution in [0.3, 0.4) is 0 Å². The van der Waals surface area contributed by atoms with E-state index in [0.717, 1.165) is 11.1 Å².